The van der Waals surface area contributed by atoms with Gasteiger partial charge >= 0.3 is 5.97 Å². The molecule has 1 amide bonds. The first-order valence-electron chi connectivity index (χ1n) is 5.08. The van der Waals surface area contributed by atoms with Crippen LogP contribution in [0, 0.1) is 0 Å². The highest BCUT2D eigenvalue weighted by Gasteiger charge is 2.49. The van der Waals surface area contributed by atoms with Crippen molar-refractivity contribution in [2.45, 2.75) is 5.37 Å². The van der Waals surface area contributed by atoms with Gasteiger partial charge < -0.3 is 5.11 Å². The molecule has 1 saturated heterocycles. The lowest BCUT2D eigenvalue weighted by atomic mass is 10.0. The van der Waals surface area contributed by atoms with Crippen LogP contribution < -0.4 is 0 Å². The Balaban J connectivity index is 1.87. The fourth-order valence-corrected chi connectivity index (χ4v) is 2.93. The average molecular weight is 261 g/mol. The van der Waals surface area contributed by atoms with Gasteiger partial charge in [-0.05, 0) is 6.08 Å². The molecular weight excluding hydrogens is 254 g/mol. The third-order valence-electron chi connectivity index (χ3n) is 2.64. The molecule has 90 valence electrons. The van der Waals surface area contributed by atoms with Crippen molar-refractivity contribution in [1.29, 1.82) is 0 Å². The van der Waals surface area contributed by atoms with Crippen LogP contribution in [0.4, 0.5) is 0 Å². The van der Waals surface area contributed by atoms with Crippen molar-refractivity contribution in [2.24, 2.45) is 0 Å². The summed E-state index contributed by atoms with van der Waals surface area (Å²) in [5.41, 5.74) is 1.17. The number of carboxylic acids is 1. The highest BCUT2D eigenvalue weighted by Crippen LogP contribution is 2.44. The summed E-state index contributed by atoms with van der Waals surface area (Å²) in [6, 6.07) is 0. The molecule has 7 heteroatoms. The minimum atomic E-state index is -1.09. The highest BCUT2D eigenvalue weighted by molar-refractivity contribution is 8.03. The number of carboxylic acid groups (broad SMARTS) is 1. The molecule has 0 aromatic carbocycles. The SMILES string of the molecule is O=C(O)C1=CS[C@@H]2C(=Cc3cnccn3)C(=O)N12. The van der Waals surface area contributed by atoms with Gasteiger partial charge in [-0.2, -0.15) is 0 Å². The second-order valence-electron chi connectivity index (χ2n) is 3.70. The summed E-state index contributed by atoms with van der Waals surface area (Å²) in [7, 11) is 0. The Morgan fingerprint density at radius 2 is 2.33 bits per heavy atom. The second kappa shape index (κ2) is 3.95. The monoisotopic (exact) mass is 261 g/mol. The molecule has 1 atom stereocenters. The predicted octanol–water partition coefficient (Wildman–Crippen LogP) is 0.701. The fourth-order valence-electron chi connectivity index (χ4n) is 1.81. The normalized spacial score (nSPS) is 23.7. The van der Waals surface area contributed by atoms with Gasteiger partial charge in [0.1, 0.15) is 11.1 Å². The molecule has 1 aromatic heterocycles. The fraction of sp³-hybridized carbons (Fsp3) is 0.0909. The van der Waals surface area contributed by atoms with E-state index >= 15 is 0 Å². The maximum absolute atomic E-state index is 11.9. The van der Waals surface area contributed by atoms with Crippen molar-refractivity contribution in [3.63, 3.8) is 0 Å². The number of hydrogen-bond acceptors (Lipinski definition) is 5. The van der Waals surface area contributed by atoms with Gasteiger partial charge in [-0.25, -0.2) is 4.79 Å². The number of aromatic nitrogens is 2. The van der Waals surface area contributed by atoms with Gasteiger partial charge in [0, 0.05) is 17.8 Å². The Hall–Kier alpha value is -2.15. The molecule has 1 fully saturated rings. The molecule has 0 aliphatic carbocycles. The lowest BCUT2D eigenvalue weighted by molar-refractivity contribution is -0.141. The minimum absolute atomic E-state index is 0.0336. The van der Waals surface area contributed by atoms with Crippen LogP contribution in [0.5, 0.6) is 0 Å². The molecule has 0 bridgehead atoms. The van der Waals surface area contributed by atoms with Crippen molar-refractivity contribution in [1.82, 2.24) is 14.9 Å². The van der Waals surface area contributed by atoms with E-state index in [-0.39, 0.29) is 17.0 Å². The number of aliphatic carboxylic acids is 1. The maximum atomic E-state index is 11.9. The largest absolute Gasteiger partial charge is 0.477 e. The number of hydrogen-bond donors (Lipinski definition) is 1. The van der Waals surface area contributed by atoms with E-state index in [1.807, 2.05) is 0 Å². The summed E-state index contributed by atoms with van der Waals surface area (Å²) < 4.78 is 0. The number of carbonyl (C=O) groups excluding carboxylic acids is 1. The predicted molar refractivity (Wildman–Crippen MR) is 64.0 cm³/mol. The van der Waals surface area contributed by atoms with Gasteiger partial charge in [-0.15, -0.1) is 11.8 Å². The van der Waals surface area contributed by atoms with Crippen LogP contribution in [-0.2, 0) is 9.59 Å². The van der Waals surface area contributed by atoms with Crippen LogP contribution in [0.2, 0.25) is 0 Å². The van der Waals surface area contributed by atoms with Gasteiger partial charge in [-0.1, -0.05) is 0 Å². The Kier molecular flexibility index (Phi) is 2.41. The van der Waals surface area contributed by atoms with Crippen molar-refractivity contribution in [3.8, 4) is 0 Å². The summed E-state index contributed by atoms with van der Waals surface area (Å²) in [6.45, 7) is 0. The maximum Gasteiger partial charge on any atom is 0.353 e. The third-order valence-corrected chi connectivity index (χ3v) is 3.72. The van der Waals surface area contributed by atoms with E-state index in [1.54, 1.807) is 18.5 Å². The van der Waals surface area contributed by atoms with E-state index in [1.165, 1.54) is 28.3 Å². The first kappa shape index (κ1) is 11.0. The standard InChI is InChI=1S/C11H7N3O3S/c15-9-7(3-6-4-12-1-2-13-6)10-14(9)8(5-18-10)11(16)17/h1-5,10H,(H,16,17)/t10-/m1/s1. The van der Waals surface area contributed by atoms with Crippen molar-refractivity contribution < 1.29 is 14.7 Å². The van der Waals surface area contributed by atoms with Crippen LogP contribution in [0.1, 0.15) is 5.69 Å². The Morgan fingerprint density at radius 3 is 3.00 bits per heavy atom. The zero-order valence-electron chi connectivity index (χ0n) is 8.98. The Labute approximate surface area is 106 Å². The van der Waals surface area contributed by atoms with E-state index in [9.17, 15) is 9.59 Å². The quantitative estimate of drug-likeness (QED) is 0.623. The number of carbonyl (C=O) groups is 2. The molecule has 18 heavy (non-hydrogen) atoms. The summed E-state index contributed by atoms with van der Waals surface area (Å²) in [4.78, 5) is 32.0. The highest BCUT2D eigenvalue weighted by atomic mass is 32.2. The van der Waals surface area contributed by atoms with E-state index in [0.717, 1.165) is 0 Å². The van der Waals surface area contributed by atoms with Gasteiger partial charge in [0.25, 0.3) is 5.91 Å². The minimum Gasteiger partial charge on any atom is -0.477 e. The number of nitrogens with zero attached hydrogens (tertiary/aromatic N) is 3. The van der Waals surface area contributed by atoms with Crippen LogP contribution in [0.25, 0.3) is 6.08 Å². The Bertz CT molecular complexity index is 597. The van der Waals surface area contributed by atoms with Gasteiger partial charge in [0.05, 0.1) is 17.5 Å². The van der Waals surface area contributed by atoms with E-state index in [0.29, 0.717) is 11.3 Å². The summed E-state index contributed by atoms with van der Waals surface area (Å²) in [5.74, 6) is -1.37. The lowest BCUT2D eigenvalue weighted by Crippen LogP contribution is -2.51. The number of rotatable bonds is 2. The number of thioether (sulfide) groups is 1. The first-order valence-corrected chi connectivity index (χ1v) is 6.03. The van der Waals surface area contributed by atoms with Gasteiger partial charge in [0.15, 0.2) is 0 Å². The molecular formula is C11H7N3O3S. The Morgan fingerprint density at radius 1 is 1.50 bits per heavy atom. The number of amides is 1. The van der Waals surface area contributed by atoms with Crippen LogP contribution in [-0.4, -0.2) is 37.2 Å². The van der Waals surface area contributed by atoms with Gasteiger partial charge in [0.2, 0.25) is 0 Å². The van der Waals surface area contributed by atoms with Crippen LogP contribution in [0.3, 0.4) is 0 Å². The zero-order chi connectivity index (χ0) is 12.7. The van der Waals surface area contributed by atoms with Crippen LogP contribution in [0.15, 0.2) is 35.3 Å². The first-order chi connectivity index (χ1) is 8.68. The lowest BCUT2D eigenvalue weighted by Gasteiger charge is -2.37. The topological polar surface area (TPSA) is 83.4 Å². The molecule has 2 aliphatic heterocycles. The molecule has 3 rings (SSSR count). The van der Waals surface area contributed by atoms with Crippen molar-refractivity contribution >= 4 is 29.7 Å². The van der Waals surface area contributed by atoms with E-state index in [4.69, 9.17) is 5.11 Å². The molecule has 0 spiro atoms. The van der Waals surface area contributed by atoms with Crippen molar-refractivity contribution in [3.05, 3.63) is 41.0 Å². The van der Waals surface area contributed by atoms with Crippen molar-refractivity contribution in [2.75, 3.05) is 0 Å². The average Bonchev–Trinajstić information content (AvgIpc) is 2.77. The molecule has 1 N–H and O–H groups in total. The molecule has 0 unspecified atom stereocenters. The molecule has 2 aliphatic rings. The third kappa shape index (κ3) is 1.52. The second-order valence-corrected chi connectivity index (χ2v) is 4.66. The van der Waals surface area contributed by atoms with Crippen LogP contribution >= 0.6 is 11.8 Å². The number of β-lactam (4-membered cyclic amide) rings is 1. The van der Waals surface area contributed by atoms with E-state index < -0.39 is 5.97 Å². The smallest absolute Gasteiger partial charge is 0.353 e. The molecule has 6 nitrogen and oxygen atoms in total. The molecule has 1 aromatic rings. The molecule has 0 saturated carbocycles. The molecule has 3 heterocycles. The summed E-state index contributed by atoms with van der Waals surface area (Å²) in [5, 5.41) is 10.2. The number of fused-ring (bicyclic) bond motifs is 1. The van der Waals surface area contributed by atoms with E-state index in [2.05, 4.69) is 9.97 Å². The summed E-state index contributed by atoms with van der Waals surface area (Å²) >= 11 is 1.31. The zero-order valence-corrected chi connectivity index (χ0v) is 9.79. The molecule has 0 radical (unpaired) electrons. The summed E-state index contributed by atoms with van der Waals surface area (Å²) in [6.07, 6.45) is 6.28. The van der Waals surface area contributed by atoms with Gasteiger partial charge in [-0.3, -0.25) is 19.7 Å².